The molecule has 0 aliphatic heterocycles. The number of anilines is 1. The summed E-state index contributed by atoms with van der Waals surface area (Å²) in [6, 6.07) is 8.32. The summed E-state index contributed by atoms with van der Waals surface area (Å²) in [5, 5.41) is 2.47. The van der Waals surface area contributed by atoms with Crippen LogP contribution < -0.4 is 5.32 Å². The molecule has 0 aliphatic carbocycles. The van der Waals surface area contributed by atoms with Gasteiger partial charge in [0.05, 0.1) is 17.7 Å². The van der Waals surface area contributed by atoms with Crippen molar-refractivity contribution < 1.29 is 18.0 Å². The highest BCUT2D eigenvalue weighted by Gasteiger charge is 2.30. The summed E-state index contributed by atoms with van der Waals surface area (Å²) >= 11 is 0. The van der Waals surface area contributed by atoms with E-state index in [1.165, 1.54) is 12.1 Å². The van der Waals surface area contributed by atoms with Crippen molar-refractivity contribution >= 4 is 17.2 Å². The highest BCUT2D eigenvalue weighted by molar-refractivity contribution is 5.92. The molecular weight excluding hydrogens is 319 g/mol. The molecule has 7 heteroatoms. The van der Waals surface area contributed by atoms with E-state index in [-0.39, 0.29) is 12.1 Å². The van der Waals surface area contributed by atoms with E-state index in [0.717, 1.165) is 23.3 Å². The van der Waals surface area contributed by atoms with Crippen molar-refractivity contribution in [2.24, 2.45) is 0 Å². The normalized spacial score (nSPS) is 11.7. The monoisotopic (exact) mass is 333 g/mol. The third kappa shape index (κ3) is 3.40. The molecule has 1 aromatic carbocycles. The van der Waals surface area contributed by atoms with Crippen LogP contribution >= 0.6 is 0 Å². The molecule has 0 unspecified atom stereocenters. The number of carbonyl (C=O) groups is 1. The number of amides is 1. The van der Waals surface area contributed by atoms with E-state index >= 15 is 0 Å². The van der Waals surface area contributed by atoms with E-state index in [0.29, 0.717) is 5.69 Å². The maximum Gasteiger partial charge on any atom is 0.416 e. The molecule has 0 bridgehead atoms. The minimum Gasteiger partial charge on any atom is -0.326 e. The molecule has 1 amide bonds. The van der Waals surface area contributed by atoms with Gasteiger partial charge in [0.2, 0.25) is 5.91 Å². The van der Waals surface area contributed by atoms with E-state index in [4.69, 9.17) is 0 Å². The number of aromatic nitrogens is 2. The van der Waals surface area contributed by atoms with Gasteiger partial charge in [0.1, 0.15) is 5.65 Å². The molecule has 0 fully saturated rings. The molecular formula is C17H14F3N3O. The van der Waals surface area contributed by atoms with Crippen molar-refractivity contribution in [3.63, 3.8) is 0 Å². The van der Waals surface area contributed by atoms with Crippen molar-refractivity contribution in [2.75, 3.05) is 5.32 Å². The topological polar surface area (TPSA) is 46.4 Å². The van der Waals surface area contributed by atoms with Crippen LogP contribution in [0, 0.1) is 6.92 Å². The molecule has 3 rings (SSSR count). The second-order valence-corrected chi connectivity index (χ2v) is 5.46. The second kappa shape index (κ2) is 5.99. The van der Waals surface area contributed by atoms with Gasteiger partial charge < -0.3 is 9.72 Å². The molecule has 0 aliphatic rings. The van der Waals surface area contributed by atoms with E-state index in [2.05, 4.69) is 10.3 Å². The number of alkyl halides is 3. The van der Waals surface area contributed by atoms with Gasteiger partial charge in [-0.15, -0.1) is 0 Å². The van der Waals surface area contributed by atoms with Gasteiger partial charge >= 0.3 is 6.18 Å². The standard InChI is InChI=1S/C17H14F3N3O/c1-11-4-3-7-23-10-14(22-16(11)23)9-15(24)21-13-6-2-5-12(8-13)17(18,19)20/h2-8,10H,9H2,1H3,(H,21,24). The fraction of sp³-hybridized carbons (Fsp3) is 0.176. The van der Waals surface area contributed by atoms with Gasteiger partial charge in [-0.25, -0.2) is 4.98 Å². The predicted molar refractivity (Wildman–Crippen MR) is 83.7 cm³/mol. The SMILES string of the molecule is Cc1cccn2cc(CC(=O)Nc3cccc(C(F)(F)F)c3)nc12. The quantitative estimate of drug-likeness (QED) is 0.791. The number of fused-ring (bicyclic) bond motifs is 1. The van der Waals surface area contributed by atoms with Gasteiger partial charge in [-0.2, -0.15) is 13.2 Å². The maximum absolute atomic E-state index is 12.7. The molecule has 124 valence electrons. The smallest absolute Gasteiger partial charge is 0.326 e. The van der Waals surface area contributed by atoms with Crippen molar-refractivity contribution in [1.29, 1.82) is 0 Å². The molecule has 0 saturated heterocycles. The Morgan fingerprint density at radius 1 is 1.25 bits per heavy atom. The number of nitrogens with one attached hydrogen (secondary N) is 1. The Labute approximate surface area is 135 Å². The van der Waals surface area contributed by atoms with Crippen LogP contribution in [-0.4, -0.2) is 15.3 Å². The first-order valence-electron chi connectivity index (χ1n) is 7.23. The van der Waals surface area contributed by atoms with Gasteiger partial charge in [0.25, 0.3) is 0 Å². The molecule has 4 nitrogen and oxygen atoms in total. The number of hydrogen-bond donors (Lipinski definition) is 1. The highest BCUT2D eigenvalue weighted by atomic mass is 19.4. The Hall–Kier alpha value is -2.83. The highest BCUT2D eigenvalue weighted by Crippen LogP contribution is 2.30. The number of imidazole rings is 1. The Kier molecular flexibility index (Phi) is 4.01. The average Bonchev–Trinajstić information content (AvgIpc) is 2.90. The van der Waals surface area contributed by atoms with Crippen molar-refractivity contribution in [1.82, 2.24) is 9.38 Å². The lowest BCUT2D eigenvalue weighted by Crippen LogP contribution is -2.15. The van der Waals surface area contributed by atoms with Crippen LogP contribution in [0.2, 0.25) is 0 Å². The first-order chi connectivity index (χ1) is 11.3. The number of pyridine rings is 1. The molecule has 0 atom stereocenters. The lowest BCUT2D eigenvalue weighted by atomic mass is 10.2. The van der Waals surface area contributed by atoms with Gasteiger partial charge in [-0.05, 0) is 36.8 Å². The fourth-order valence-corrected chi connectivity index (χ4v) is 2.43. The predicted octanol–water partition coefficient (Wildman–Crippen LogP) is 3.84. The lowest BCUT2D eigenvalue weighted by Gasteiger charge is -2.09. The van der Waals surface area contributed by atoms with Crippen LogP contribution in [-0.2, 0) is 17.4 Å². The number of nitrogens with zero attached hydrogens (tertiary/aromatic N) is 2. The van der Waals surface area contributed by atoms with Crippen LogP contribution in [0.1, 0.15) is 16.8 Å². The summed E-state index contributed by atoms with van der Waals surface area (Å²) in [4.78, 5) is 16.4. The number of carbonyl (C=O) groups excluding carboxylic acids is 1. The number of benzene rings is 1. The minimum atomic E-state index is -4.44. The molecule has 1 N–H and O–H groups in total. The van der Waals surface area contributed by atoms with E-state index in [9.17, 15) is 18.0 Å². The summed E-state index contributed by atoms with van der Waals surface area (Å²) < 4.78 is 39.9. The first-order valence-corrected chi connectivity index (χ1v) is 7.23. The number of aryl methyl sites for hydroxylation is 1. The zero-order chi connectivity index (χ0) is 17.3. The van der Waals surface area contributed by atoms with E-state index < -0.39 is 17.6 Å². The number of halogens is 3. The van der Waals surface area contributed by atoms with Crippen LogP contribution in [0.4, 0.5) is 18.9 Å². The Morgan fingerprint density at radius 3 is 2.75 bits per heavy atom. The molecule has 3 aromatic rings. The van der Waals surface area contributed by atoms with Gasteiger partial charge in [-0.3, -0.25) is 4.79 Å². The van der Waals surface area contributed by atoms with Crippen molar-refractivity contribution in [2.45, 2.75) is 19.5 Å². The Bertz CT molecular complexity index is 899. The third-order valence-corrected chi connectivity index (χ3v) is 3.54. The molecule has 2 aromatic heterocycles. The summed E-state index contributed by atoms with van der Waals surface area (Å²) in [7, 11) is 0. The molecule has 0 radical (unpaired) electrons. The zero-order valence-corrected chi connectivity index (χ0v) is 12.8. The minimum absolute atomic E-state index is 0.0165. The first kappa shape index (κ1) is 16.0. The summed E-state index contributed by atoms with van der Waals surface area (Å²) in [5.41, 5.74) is 1.58. The van der Waals surface area contributed by atoms with Gasteiger partial charge in [0, 0.05) is 18.1 Å². The third-order valence-electron chi connectivity index (χ3n) is 3.54. The lowest BCUT2D eigenvalue weighted by molar-refractivity contribution is -0.137. The van der Waals surface area contributed by atoms with Crippen LogP contribution in [0.15, 0.2) is 48.8 Å². The van der Waals surface area contributed by atoms with Crippen LogP contribution in [0.25, 0.3) is 5.65 Å². The van der Waals surface area contributed by atoms with E-state index in [1.807, 2.05) is 29.7 Å². The summed E-state index contributed by atoms with van der Waals surface area (Å²) in [6.45, 7) is 1.91. The van der Waals surface area contributed by atoms with Crippen molar-refractivity contribution in [3.05, 3.63) is 65.6 Å². The maximum atomic E-state index is 12.7. The van der Waals surface area contributed by atoms with E-state index in [1.54, 1.807) is 6.20 Å². The molecule has 2 heterocycles. The van der Waals surface area contributed by atoms with Crippen LogP contribution in [0.5, 0.6) is 0 Å². The average molecular weight is 333 g/mol. The van der Waals surface area contributed by atoms with Crippen LogP contribution in [0.3, 0.4) is 0 Å². The fourth-order valence-electron chi connectivity index (χ4n) is 2.43. The Morgan fingerprint density at radius 2 is 2.04 bits per heavy atom. The number of rotatable bonds is 3. The summed E-state index contributed by atoms with van der Waals surface area (Å²) in [5.74, 6) is -0.421. The number of hydrogen-bond acceptors (Lipinski definition) is 2. The zero-order valence-electron chi connectivity index (χ0n) is 12.8. The van der Waals surface area contributed by atoms with Crippen molar-refractivity contribution in [3.8, 4) is 0 Å². The second-order valence-electron chi connectivity index (χ2n) is 5.46. The molecule has 0 saturated carbocycles. The largest absolute Gasteiger partial charge is 0.416 e. The van der Waals surface area contributed by atoms with Gasteiger partial charge in [0.15, 0.2) is 0 Å². The summed E-state index contributed by atoms with van der Waals surface area (Å²) in [6.07, 6.45) is -0.908. The molecule has 0 spiro atoms. The van der Waals surface area contributed by atoms with Gasteiger partial charge in [-0.1, -0.05) is 12.1 Å². The Balaban J connectivity index is 1.74. The molecule has 24 heavy (non-hydrogen) atoms.